The van der Waals surface area contributed by atoms with Crippen LogP contribution in [0.3, 0.4) is 0 Å². The maximum Gasteiger partial charge on any atom is 0.0665 e. The minimum atomic E-state index is 0.688. The highest BCUT2D eigenvalue weighted by Gasteiger charge is 2.09. The molecule has 0 saturated carbocycles. The van der Waals surface area contributed by atoms with Gasteiger partial charge in [-0.2, -0.15) is 5.10 Å². The van der Waals surface area contributed by atoms with E-state index in [1.54, 1.807) is 0 Å². The van der Waals surface area contributed by atoms with Gasteiger partial charge in [0, 0.05) is 5.69 Å². The molecule has 0 aliphatic heterocycles. The van der Waals surface area contributed by atoms with Gasteiger partial charge in [-0.1, -0.05) is 24.3 Å². The molecule has 2 N–H and O–H groups in total. The molecular formula is C15H21N3. The summed E-state index contributed by atoms with van der Waals surface area (Å²) in [4.78, 5) is 0. The highest BCUT2D eigenvalue weighted by atomic mass is 15.3. The van der Waals surface area contributed by atoms with Crippen LogP contribution < -0.4 is 5.73 Å². The molecule has 1 aromatic heterocycles. The second-order valence-electron chi connectivity index (χ2n) is 4.76. The van der Waals surface area contributed by atoms with Crippen molar-refractivity contribution >= 4 is 0 Å². The third-order valence-electron chi connectivity index (χ3n) is 3.60. The van der Waals surface area contributed by atoms with Gasteiger partial charge in [-0.3, -0.25) is 4.68 Å². The Kier molecular flexibility index (Phi) is 3.82. The zero-order valence-corrected chi connectivity index (χ0v) is 11.4. The normalized spacial score (nSPS) is 10.9. The number of rotatable bonds is 4. The maximum atomic E-state index is 5.66. The van der Waals surface area contributed by atoms with Gasteiger partial charge in [0.05, 0.1) is 12.2 Å². The number of benzene rings is 1. The SMILES string of the molecule is Cc1nn(Cc2ccccc2CCN)c(C)c1C. The minimum Gasteiger partial charge on any atom is -0.330 e. The van der Waals surface area contributed by atoms with Crippen LogP contribution >= 0.6 is 0 Å². The van der Waals surface area contributed by atoms with Crippen molar-refractivity contribution in [1.82, 2.24) is 9.78 Å². The van der Waals surface area contributed by atoms with Gasteiger partial charge in [-0.15, -0.1) is 0 Å². The van der Waals surface area contributed by atoms with E-state index in [2.05, 4.69) is 54.8 Å². The van der Waals surface area contributed by atoms with Crippen LogP contribution in [0.2, 0.25) is 0 Å². The van der Waals surface area contributed by atoms with Crippen molar-refractivity contribution in [3.63, 3.8) is 0 Å². The van der Waals surface area contributed by atoms with Crippen LogP contribution in [0.4, 0.5) is 0 Å². The standard InChI is InChI=1S/C15H21N3/c1-11-12(2)17-18(13(11)3)10-15-7-5-4-6-14(15)8-9-16/h4-7H,8-10,16H2,1-3H3. The molecule has 1 aromatic carbocycles. The molecule has 3 nitrogen and oxygen atoms in total. The van der Waals surface area contributed by atoms with E-state index in [1.807, 2.05) is 0 Å². The fourth-order valence-corrected chi connectivity index (χ4v) is 2.21. The van der Waals surface area contributed by atoms with Crippen LogP contribution in [-0.2, 0) is 13.0 Å². The summed E-state index contributed by atoms with van der Waals surface area (Å²) >= 11 is 0. The Hall–Kier alpha value is -1.61. The Morgan fingerprint density at radius 1 is 1.11 bits per heavy atom. The Morgan fingerprint density at radius 2 is 1.78 bits per heavy atom. The third-order valence-corrected chi connectivity index (χ3v) is 3.60. The zero-order valence-electron chi connectivity index (χ0n) is 11.4. The molecule has 2 aromatic rings. The molecule has 3 heteroatoms. The molecule has 0 fully saturated rings. The number of hydrogen-bond acceptors (Lipinski definition) is 2. The number of nitrogens with zero attached hydrogens (tertiary/aromatic N) is 2. The fourth-order valence-electron chi connectivity index (χ4n) is 2.21. The second-order valence-corrected chi connectivity index (χ2v) is 4.76. The number of nitrogens with two attached hydrogens (primary N) is 1. The van der Waals surface area contributed by atoms with Gasteiger partial charge in [-0.05, 0) is 50.4 Å². The van der Waals surface area contributed by atoms with E-state index in [9.17, 15) is 0 Å². The van der Waals surface area contributed by atoms with Crippen LogP contribution in [-0.4, -0.2) is 16.3 Å². The summed E-state index contributed by atoms with van der Waals surface area (Å²) in [6, 6.07) is 8.46. The maximum absolute atomic E-state index is 5.66. The molecule has 0 aliphatic rings. The number of aryl methyl sites for hydroxylation is 1. The minimum absolute atomic E-state index is 0.688. The Labute approximate surface area is 109 Å². The molecule has 18 heavy (non-hydrogen) atoms. The van der Waals surface area contributed by atoms with Gasteiger partial charge in [0.1, 0.15) is 0 Å². The van der Waals surface area contributed by atoms with Crippen LogP contribution in [0.25, 0.3) is 0 Å². The summed E-state index contributed by atoms with van der Waals surface area (Å²) in [5.41, 5.74) is 11.9. The highest BCUT2D eigenvalue weighted by Crippen LogP contribution is 2.15. The van der Waals surface area contributed by atoms with Crippen molar-refractivity contribution in [1.29, 1.82) is 0 Å². The van der Waals surface area contributed by atoms with Gasteiger partial charge in [0.25, 0.3) is 0 Å². The summed E-state index contributed by atoms with van der Waals surface area (Å²) in [7, 11) is 0. The lowest BCUT2D eigenvalue weighted by Gasteiger charge is -2.10. The predicted octanol–water partition coefficient (Wildman–Crippen LogP) is 2.36. The highest BCUT2D eigenvalue weighted by molar-refractivity contribution is 5.29. The van der Waals surface area contributed by atoms with E-state index in [4.69, 9.17) is 5.73 Å². The van der Waals surface area contributed by atoms with Crippen molar-refractivity contribution < 1.29 is 0 Å². The van der Waals surface area contributed by atoms with Crippen LogP contribution in [0.1, 0.15) is 28.1 Å². The molecule has 0 atom stereocenters. The molecular weight excluding hydrogens is 222 g/mol. The largest absolute Gasteiger partial charge is 0.330 e. The Balaban J connectivity index is 2.31. The fraction of sp³-hybridized carbons (Fsp3) is 0.400. The molecule has 0 spiro atoms. The van der Waals surface area contributed by atoms with Crippen molar-refractivity contribution in [2.24, 2.45) is 5.73 Å². The molecule has 0 unspecified atom stereocenters. The molecule has 0 radical (unpaired) electrons. The lowest BCUT2D eigenvalue weighted by Crippen LogP contribution is -2.09. The van der Waals surface area contributed by atoms with Crippen molar-refractivity contribution in [2.45, 2.75) is 33.7 Å². The third kappa shape index (κ3) is 2.46. The van der Waals surface area contributed by atoms with Crippen LogP contribution in [0, 0.1) is 20.8 Å². The molecule has 0 aliphatic carbocycles. The summed E-state index contributed by atoms with van der Waals surface area (Å²) in [6.07, 6.45) is 0.925. The van der Waals surface area contributed by atoms with Crippen LogP contribution in [0.15, 0.2) is 24.3 Å². The quantitative estimate of drug-likeness (QED) is 0.896. The summed E-state index contributed by atoms with van der Waals surface area (Å²) in [5.74, 6) is 0. The summed E-state index contributed by atoms with van der Waals surface area (Å²) in [6.45, 7) is 7.83. The monoisotopic (exact) mass is 243 g/mol. The Morgan fingerprint density at radius 3 is 2.33 bits per heavy atom. The van der Waals surface area contributed by atoms with E-state index < -0.39 is 0 Å². The smallest absolute Gasteiger partial charge is 0.0665 e. The first-order valence-corrected chi connectivity index (χ1v) is 6.41. The molecule has 0 saturated heterocycles. The number of aromatic nitrogens is 2. The average molecular weight is 243 g/mol. The van der Waals surface area contributed by atoms with E-state index >= 15 is 0 Å². The van der Waals surface area contributed by atoms with E-state index in [-0.39, 0.29) is 0 Å². The molecule has 1 heterocycles. The van der Waals surface area contributed by atoms with Gasteiger partial charge in [0.15, 0.2) is 0 Å². The lowest BCUT2D eigenvalue weighted by atomic mass is 10.0. The molecule has 96 valence electrons. The second kappa shape index (κ2) is 5.36. The summed E-state index contributed by atoms with van der Waals surface area (Å²) < 4.78 is 2.08. The topological polar surface area (TPSA) is 43.8 Å². The van der Waals surface area contributed by atoms with E-state index in [0.717, 1.165) is 18.7 Å². The van der Waals surface area contributed by atoms with Gasteiger partial charge in [0.2, 0.25) is 0 Å². The van der Waals surface area contributed by atoms with Gasteiger partial charge >= 0.3 is 0 Å². The van der Waals surface area contributed by atoms with Crippen molar-refractivity contribution in [3.05, 3.63) is 52.3 Å². The molecule has 0 amide bonds. The predicted molar refractivity (Wildman–Crippen MR) is 74.7 cm³/mol. The summed E-state index contributed by atoms with van der Waals surface area (Å²) in [5, 5.41) is 4.59. The van der Waals surface area contributed by atoms with Crippen molar-refractivity contribution in [2.75, 3.05) is 6.54 Å². The van der Waals surface area contributed by atoms with Crippen molar-refractivity contribution in [3.8, 4) is 0 Å². The first-order chi connectivity index (χ1) is 8.63. The Bertz CT molecular complexity index is 541. The average Bonchev–Trinajstić information content (AvgIpc) is 2.60. The van der Waals surface area contributed by atoms with Gasteiger partial charge < -0.3 is 5.73 Å². The van der Waals surface area contributed by atoms with Gasteiger partial charge in [-0.25, -0.2) is 0 Å². The molecule has 2 rings (SSSR count). The number of hydrogen-bond donors (Lipinski definition) is 1. The van der Waals surface area contributed by atoms with E-state index in [0.29, 0.717) is 6.54 Å². The first kappa shape index (κ1) is 12.8. The van der Waals surface area contributed by atoms with E-state index in [1.165, 1.54) is 22.4 Å². The lowest BCUT2D eigenvalue weighted by molar-refractivity contribution is 0.653. The molecule has 0 bridgehead atoms. The van der Waals surface area contributed by atoms with Crippen LogP contribution in [0.5, 0.6) is 0 Å². The zero-order chi connectivity index (χ0) is 13.1. The first-order valence-electron chi connectivity index (χ1n) is 6.41.